The summed E-state index contributed by atoms with van der Waals surface area (Å²) in [6, 6.07) is 5.94. The Labute approximate surface area is 149 Å². The second-order valence-electron chi connectivity index (χ2n) is 7.88. The van der Waals surface area contributed by atoms with Gasteiger partial charge < -0.3 is 15.4 Å². The zero-order chi connectivity index (χ0) is 18.2. The van der Waals surface area contributed by atoms with Crippen molar-refractivity contribution in [3.8, 4) is 0 Å². The van der Waals surface area contributed by atoms with Gasteiger partial charge in [0.1, 0.15) is 5.60 Å². The van der Waals surface area contributed by atoms with Gasteiger partial charge in [-0.05, 0) is 57.1 Å². The molecule has 1 heterocycles. The third-order valence-corrected chi connectivity index (χ3v) is 4.55. The van der Waals surface area contributed by atoms with Crippen LogP contribution in [0.4, 0.5) is 10.5 Å². The molecule has 1 fully saturated rings. The first-order valence-electron chi connectivity index (χ1n) is 8.91. The number of nitrogen functional groups attached to an aromatic ring is 1. The fourth-order valence-corrected chi connectivity index (χ4v) is 3.13. The van der Waals surface area contributed by atoms with Gasteiger partial charge in [-0.25, -0.2) is 4.79 Å². The highest BCUT2D eigenvalue weighted by Gasteiger charge is 2.29. The average molecular weight is 341 g/mol. The van der Waals surface area contributed by atoms with E-state index in [0.717, 1.165) is 23.1 Å². The zero-order valence-electron chi connectivity index (χ0n) is 15.3. The molecular formula is C20H27N3O2. The summed E-state index contributed by atoms with van der Waals surface area (Å²) in [4.78, 5) is 14.0. The van der Waals surface area contributed by atoms with Crippen molar-refractivity contribution in [2.24, 2.45) is 0 Å². The van der Waals surface area contributed by atoms with Crippen LogP contribution >= 0.6 is 0 Å². The first-order chi connectivity index (χ1) is 11.8. The highest BCUT2D eigenvalue weighted by atomic mass is 16.6. The van der Waals surface area contributed by atoms with Crippen LogP contribution in [-0.2, 0) is 4.74 Å². The van der Waals surface area contributed by atoms with Crippen LogP contribution in [-0.4, -0.2) is 35.4 Å². The lowest BCUT2D eigenvalue weighted by molar-refractivity contribution is 0.0265. The van der Waals surface area contributed by atoms with E-state index >= 15 is 0 Å². The molecule has 0 bridgehead atoms. The van der Waals surface area contributed by atoms with Crippen molar-refractivity contribution in [3.63, 3.8) is 0 Å². The van der Waals surface area contributed by atoms with Crippen molar-refractivity contribution in [2.75, 3.05) is 18.8 Å². The van der Waals surface area contributed by atoms with Gasteiger partial charge in [-0.15, -0.1) is 0 Å². The Morgan fingerprint density at radius 1 is 1.32 bits per heavy atom. The van der Waals surface area contributed by atoms with Gasteiger partial charge in [0.05, 0.1) is 12.3 Å². The van der Waals surface area contributed by atoms with Crippen molar-refractivity contribution in [1.29, 1.82) is 5.41 Å². The predicted molar refractivity (Wildman–Crippen MR) is 100 cm³/mol. The molecule has 1 aliphatic carbocycles. The molecule has 0 atom stereocenters. The summed E-state index contributed by atoms with van der Waals surface area (Å²) in [6.45, 7) is 6.58. The number of ether oxygens (including phenoxy) is 1. The number of nitrogens with one attached hydrogen (secondary N) is 1. The number of carbonyl (C=O) groups is 1. The topological polar surface area (TPSA) is 79.4 Å². The second kappa shape index (κ2) is 6.54. The second-order valence-corrected chi connectivity index (χ2v) is 7.88. The van der Waals surface area contributed by atoms with E-state index in [-0.39, 0.29) is 6.09 Å². The van der Waals surface area contributed by atoms with Gasteiger partial charge in [0.2, 0.25) is 0 Å². The fraction of sp³-hybridized carbons (Fsp3) is 0.500. The fourth-order valence-electron chi connectivity index (χ4n) is 3.13. The zero-order valence-corrected chi connectivity index (χ0v) is 15.3. The summed E-state index contributed by atoms with van der Waals surface area (Å²) in [5.41, 5.74) is 9.69. The molecule has 1 saturated carbocycles. The lowest BCUT2D eigenvalue weighted by atomic mass is 9.94. The third kappa shape index (κ3) is 4.03. The Hall–Kier alpha value is -2.30. The Balaban J connectivity index is 1.76. The molecule has 0 aromatic heterocycles. The number of amides is 1. The van der Waals surface area contributed by atoms with Crippen LogP contribution in [0.5, 0.6) is 0 Å². The maximum atomic E-state index is 12.3. The summed E-state index contributed by atoms with van der Waals surface area (Å²) in [5.74, 6) is 0.548. The predicted octanol–water partition coefficient (Wildman–Crippen LogP) is 4.08. The van der Waals surface area contributed by atoms with Crippen LogP contribution in [0, 0.1) is 5.41 Å². The van der Waals surface area contributed by atoms with Crippen LogP contribution in [0.15, 0.2) is 29.8 Å². The van der Waals surface area contributed by atoms with E-state index in [4.69, 9.17) is 15.9 Å². The molecule has 1 aromatic rings. The molecule has 5 heteroatoms. The van der Waals surface area contributed by atoms with Gasteiger partial charge >= 0.3 is 6.09 Å². The maximum absolute atomic E-state index is 12.3. The Morgan fingerprint density at radius 3 is 2.68 bits per heavy atom. The van der Waals surface area contributed by atoms with Crippen molar-refractivity contribution in [1.82, 2.24) is 4.90 Å². The minimum absolute atomic E-state index is 0.328. The molecule has 134 valence electrons. The van der Waals surface area contributed by atoms with E-state index in [9.17, 15) is 4.79 Å². The van der Waals surface area contributed by atoms with Crippen LogP contribution in [0.2, 0.25) is 0 Å². The van der Waals surface area contributed by atoms with Crippen LogP contribution < -0.4 is 5.73 Å². The van der Waals surface area contributed by atoms with E-state index in [1.165, 1.54) is 12.8 Å². The van der Waals surface area contributed by atoms with E-state index < -0.39 is 5.60 Å². The van der Waals surface area contributed by atoms with E-state index in [1.54, 1.807) is 4.90 Å². The molecule has 0 unspecified atom stereocenters. The quantitative estimate of drug-likeness (QED) is 0.642. The molecule has 2 aliphatic rings. The van der Waals surface area contributed by atoms with Crippen LogP contribution in [0.25, 0.3) is 0 Å². The number of hydrogen-bond acceptors (Lipinski definition) is 4. The minimum Gasteiger partial charge on any atom is -0.444 e. The maximum Gasteiger partial charge on any atom is 0.410 e. The molecule has 5 nitrogen and oxygen atoms in total. The molecule has 1 aromatic carbocycles. The number of benzene rings is 1. The smallest absolute Gasteiger partial charge is 0.410 e. The molecule has 1 aliphatic heterocycles. The molecule has 3 rings (SSSR count). The third-order valence-electron chi connectivity index (χ3n) is 4.55. The van der Waals surface area contributed by atoms with E-state index in [2.05, 4.69) is 6.07 Å². The van der Waals surface area contributed by atoms with Gasteiger partial charge in [0.25, 0.3) is 0 Å². The molecule has 0 saturated heterocycles. The summed E-state index contributed by atoms with van der Waals surface area (Å²) >= 11 is 0. The molecule has 3 N–H and O–H groups in total. The molecule has 0 radical (unpaired) electrons. The molecular weight excluding hydrogens is 314 g/mol. The Kier molecular flexibility index (Phi) is 4.58. The number of nitrogens with zero attached hydrogens (tertiary/aromatic N) is 1. The summed E-state index contributed by atoms with van der Waals surface area (Å²) in [7, 11) is 0. The van der Waals surface area contributed by atoms with E-state index in [1.807, 2.05) is 39.0 Å². The van der Waals surface area contributed by atoms with Gasteiger partial charge in [-0.3, -0.25) is 5.41 Å². The number of hydrogen-bond donors (Lipinski definition) is 2. The van der Waals surface area contributed by atoms with Gasteiger partial charge in [0, 0.05) is 17.8 Å². The average Bonchev–Trinajstić information content (AvgIpc) is 3.38. The van der Waals surface area contributed by atoms with Gasteiger partial charge in [0.15, 0.2) is 0 Å². The number of para-hydroxylation sites is 1. The van der Waals surface area contributed by atoms with Crippen LogP contribution in [0.3, 0.4) is 0 Å². The number of carbonyl (C=O) groups excluding carboxylic acids is 1. The Morgan fingerprint density at radius 2 is 2.04 bits per heavy atom. The standard InChI is InChI=1S/C20H27N3O2/c1-20(2,3)25-19(24)23-11-5-6-14(12-23)17(21)16-8-4-7-15(18(16)22)13-9-10-13/h4,6-8,13,21H,5,9-12,22H2,1-3H3. The number of nitrogens with two attached hydrogens (primary N) is 1. The molecule has 0 spiro atoms. The van der Waals surface area contributed by atoms with Crippen molar-refractivity contribution < 1.29 is 9.53 Å². The van der Waals surface area contributed by atoms with Gasteiger partial charge in [-0.2, -0.15) is 0 Å². The highest BCUT2D eigenvalue weighted by Crippen LogP contribution is 2.43. The normalized spacial score (nSPS) is 17.9. The first kappa shape index (κ1) is 17.5. The van der Waals surface area contributed by atoms with Crippen molar-refractivity contribution in [2.45, 2.75) is 51.6 Å². The van der Waals surface area contributed by atoms with Gasteiger partial charge in [-0.1, -0.05) is 24.3 Å². The van der Waals surface area contributed by atoms with E-state index in [0.29, 0.717) is 30.4 Å². The summed E-state index contributed by atoms with van der Waals surface area (Å²) in [5, 5.41) is 8.61. The van der Waals surface area contributed by atoms with Crippen LogP contribution in [0.1, 0.15) is 57.1 Å². The largest absolute Gasteiger partial charge is 0.444 e. The molecule has 1 amide bonds. The summed E-state index contributed by atoms with van der Waals surface area (Å²) < 4.78 is 5.46. The van der Waals surface area contributed by atoms with Crippen molar-refractivity contribution in [3.05, 3.63) is 41.0 Å². The minimum atomic E-state index is -0.519. The summed E-state index contributed by atoms with van der Waals surface area (Å²) in [6.07, 6.45) is 4.78. The SMILES string of the molecule is CC(C)(C)OC(=O)N1CCC=C(C(=N)c2cccc(C3CC3)c2N)C1. The molecule has 25 heavy (non-hydrogen) atoms. The lowest BCUT2D eigenvalue weighted by Gasteiger charge is -2.30. The van der Waals surface area contributed by atoms with Crippen molar-refractivity contribution >= 4 is 17.5 Å². The lowest BCUT2D eigenvalue weighted by Crippen LogP contribution is -2.41. The monoisotopic (exact) mass is 341 g/mol. The number of rotatable bonds is 3. The first-order valence-corrected chi connectivity index (χ1v) is 8.91. The Bertz CT molecular complexity index is 727. The highest BCUT2D eigenvalue weighted by molar-refractivity contribution is 6.14. The number of anilines is 1.